The van der Waals surface area contributed by atoms with Crippen LogP contribution in [-0.4, -0.2) is 259 Å². The summed E-state index contributed by atoms with van der Waals surface area (Å²) in [6.45, 7) is 3.81. The Morgan fingerprint density at radius 3 is 2.11 bits per heavy atom. The number of imidazole rings is 1. The van der Waals surface area contributed by atoms with Gasteiger partial charge in [0.2, 0.25) is 40.4 Å². The maximum atomic E-state index is 14.7. The van der Waals surface area contributed by atoms with Gasteiger partial charge in [0.15, 0.2) is 11.5 Å². The van der Waals surface area contributed by atoms with Crippen molar-refractivity contribution in [3.05, 3.63) is 84.1 Å². The number of amides is 7. The van der Waals surface area contributed by atoms with Crippen molar-refractivity contribution in [2.45, 2.75) is 150 Å². The van der Waals surface area contributed by atoms with E-state index < -0.39 is 187 Å². The summed E-state index contributed by atoms with van der Waals surface area (Å²) in [7, 11) is 1.71. The van der Waals surface area contributed by atoms with Gasteiger partial charge < -0.3 is 102 Å². The van der Waals surface area contributed by atoms with E-state index in [1.807, 2.05) is 12.1 Å². The van der Waals surface area contributed by atoms with Crippen molar-refractivity contribution in [3.63, 3.8) is 0 Å². The van der Waals surface area contributed by atoms with Crippen LogP contribution in [0.5, 0.6) is 11.5 Å². The molecule has 4 aliphatic rings. The number of ether oxygens (including phenoxy) is 2. The Balaban J connectivity index is 0.942. The Labute approximate surface area is 568 Å². The summed E-state index contributed by atoms with van der Waals surface area (Å²) in [6, 6.07) is 4.83. The molecule has 7 amide bonds. The summed E-state index contributed by atoms with van der Waals surface area (Å²) in [5, 5.41) is 108. The number of aromatic nitrogens is 3. The van der Waals surface area contributed by atoms with Gasteiger partial charge in [0, 0.05) is 94.2 Å². The molecule has 1 unspecified atom stereocenters. The van der Waals surface area contributed by atoms with Gasteiger partial charge in [0.1, 0.15) is 53.5 Å². The van der Waals surface area contributed by atoms with Crippen molar-refractivity contribution >= 4 is 74.5 Å². The molecule has 2 aromatic heterocycles. The molecule has 4 fully saturated rings. The van der Waals surface area contributed by atoms with Gasteiger partial charge in [0.05, 0.1) is 48.5 Å². The quantitative estimate of drug-likeness (QED) is 0.0389. The Hall–Kier alpha value is -7.72. The van der Waals surface area contributed by atoms with Crippen LogP contribution in [0.15, 0.2) is 72.9 Å². The molecule has 33 nitrogen and oxygen atoms in total. The number of phenols is 1. The molecule has 0 aliphatic carbocycles. The molecule has 18 N–H and O–H groups in total. The van der Waals surface area contributed by atoms with Crippen molar-refractivity contribution in [1.82, 2.24) is 51.0 Å². The number of aliphatic hydroxyl groups is 7. The fourth-order valence-corrected chi connectivity index (χ4v) is 13.6. The molecule has 35 heteroatoms. The molecule has 9 rings (SSSR count). The average molecular weight is 1410 g/mol. The molecule has 4 saturated heterocycles. The normalized spacial score (nSPS) is 25.9. The molecule has 6 heterocycles. The van der Waals surface area contributed by atoms with E-state index in [9.17, 15) is 88.1 Å². The number of nitrogens with zero attached hydrogens (tertiary/aromatic N) is 6. The lowest BCUT2D eigenvalue weighted by molar-refractivity contribution is -0.148. The van der Waals surface area contributed by atoms with E-state index in [4.69, 9.17) is 25.3 Å². The second-order valence-corrected chi connectivity index (χ2v) is 27.1. The van der Waals surface area contributed by atoms with Gasteiger partial charge in [-0.1, -0.05) is 36.5 Å². The van der Waals surface area contributed by atoms with E-state index >= 15 is 0 Å². The Morgan fingerprint density at radius 2 is 1.45 bits per heavy atom. The molecule has 0 spiro atoms. The number of unbranched alkanes of at least 4 members (excludes halogenated alkanes) is 2. The summed E-state index contributed by atoms with van der Waals surface area (Å²) in [6.07, 6.45) is -8.17. The predicted octanol–water partition coefficient (Wildman–Crippen LogP) is -1.06. The zero-order valence-corrected chi connectivity index (χ0v) is 55.6. The minimum Gasteiger partial charge on any atom is -0.504 e. The lowest BCUT2D eigenvalue weighted by Gasteiger charge is -2.34. The van der Waals surface area contributed by atoms with Crippen molar-refractivity contribution in [1.29, 1.82) is 0 Å². The zero-order chi connectivity index (χ0) is 70.9. The maximum absolute atomic E-state index is 14.7. The molecular weight excluding hydrogens is 1320 g/mol. The third kappa shape index (κ3) is 18.2. The van der Waals surface area contributed by atoms with Crippen LogP contribution in [0.25, 0.3) is 26.8 Å². The summed E-state index contributed by atoms with van der Waals surface area (Å²) in [5.41, 5.74) is 8.41. The van der Waals surface area contributed by atoms with Gasteiger partial charge in [-0.2, -0.15) is 5.10 Å². The fraction of sp³-hybridized carbons (Fsp3) is 0.540. The summed E-state index contributed by atoms with van der Waals surface area (Å²) in [5.74, 6) is -11.0. The number of aromatic hydroxyl groups is 1. The molecular formula is C63H86N12O21S2. The lowest BCUT2D eigenvalue weighted by atomic mass is 9.96. The number of hydrogen-bond acceptors (Lipinski definition) is 26. The number of β-amino-alcohol motifs (C(OH)–C–C–N with tert-alkyl or cyclic N) is 1. The number of phenolic OH excluding ortho intramolecular Hbond substituents is 1. The number of piperidine rings is 1. The van der Waals surface area contributed by atoms with Crippen molar-refractivity contribution in [2.75, 3.05) is 64.5 Å². The summed E-state index contributed by atoms with van der Waals surface area (Å²) < 4.78 is 46.1. The largest absolute Gasteiger partial charge is 0.504 e. The van der Waals surface area contributed by atoms with Crippen LogP contribution >= 0.6 is 22.5 Å². The van der Waals surface area contributed by atoms with E-state index in [-0.39, 0.29) is 24.8 Å². The van der Waals surface area contributed by atoms with Crippen LogP contribution in [0, 0.1) is 5.92 Å². The van der Waals surface area contributed by atoms with Crippen LogP contribution in [0.2, 0.25) is 0 Å². The van der Waals surface area contributed by atoms with Crippen LogP contribution in [0.3, 0.4) is 0 Å². The van der Waals surface area contributed by atoms with Gasteiger partial charge in [-0.05, 0) is 106 Å². The number of rotatable bonds is 21. The first-order chi connectivity index (χ1) is 46.6. The third-order valence-electron chi connectivity index (χ3n) is 17.8. The number of carbonyl (C=O) groups excluding carboxylic acids is 7. The minimum absolute atomic E-state index is 0.00135. The molecule has 3 aromatic carbocycles. The van der Waals surface area contributed by atoms with E-state index in [1.54, 1.807) is 30.0 Å². The molecule has 5 aromatic rings. The first-order valence-corrected chi connectivity index (χ1v) is 34.4. The first kappa shape index (κ1) is 74.5. The number of aliphatic hydroxyl groups excluding tert-OH is 7. The molecule has 4 aliphatic heterocycles. The minimum atomic E-state index is -4.82. The molecule has 14 atom stereocenters. The van der Waals surface area contributed by atoms with Gasteiger partial charge in [-0.25, -0.2) is 9.50 Å². The predicted molar refractivity (Wildman–Crippen MR) is 353 cm³/mol. The number of hydrogen-bond donors (Lipinski definition) is 17. The topological polar surface area (TPSA) is 496 Å². The number of fused-ring (bicyclic) bond motifs is 3. The number of nitrogens with two attached hydrogens (primary N) is 1. The monoisotopic (exact) mass is 1410 g/mol. The van der Waals surface area contributed by atoms with Gasteiger partial charge in [-0.15, -0.1) is 0 Å². The SMILES string of the molecule is COCCCCCOC1CCN(c2ccc(-c3nn4cc(-c5ccc(C(=O)NC6C[C@@H](O)CNC(=O)[C@@H]7[C@@H](O)[C@@H](C)CN7C(=O)[C@H]([C@H](O)CCN)NC(=O)[C@H]([C@H](O)[C@@H](O)c7ccc(O)c(OS(O)(O)O)c7)NC(=O)[C@@H]7C[C@@H](O)CN7C(=O)[C@H]([C@@H](C)O)NC6=O)cc5)nc4s3)cc2)CC1. The number of carbonyl (C=O) groups is 7. The zero-order valence-electron chi connectivity index (χ0n) is 54.0. The van der Waals surface area contributed by atoms with Crippen LogP contribution in [-0.2, 0) is 38.2 Å². The number of anilines is 1. The summed E-state index contributed by atoms with van der Waals surface area (Å²) >= 11 is -3.44. The maximum Gasteiger partial charge on any atom is 0.266 e. The van der Waals surface area contributed by atoms with Gasteiger partial charge in [0.25, 0.3) is 17.1 Å². The standard InChI is InChI=1S/C63H86N12O21S2/c1-32-29-74-51(52(32)81)59(88)65-28-39(77)26-42(66-55(84)35-9-7-34(8-10-35)43-31-75-63(67-43)97-60(71-75)36-11-14-38(15-12-36)72-21-18-41(19-22-72)95-24-6-4-5-23-94-3)56(85)68-48(33(2)76)61(89)73-30-40(78)27-44(73)57(86)70-50(58(87)69-49(62(74)90)46(80)17-20-64)54(83)53(82)37-13-16-45(79)47(25-37)96-98(91,92)93/h7-16,25,31-33,39-42,44,46,48-54,76-83,91-93H,4-6,17-24,26-30,64H2,1-3H3,(H,65,88)(H,66,84)(H,68,85)(H,69,87)(H,70,86)/t32-,33+,39+,40+,42?,44-,46+,48-,49-,50-,51-,52-,53-,54-/m0/s1. The van der Waals surface area contributed by atoms with Crippen molar-refractivity contribution in [2.24, 2.45) is 11.7 Å². The second kappa shape index (κ2) is 33.0. The van der Waals surface area contributed by atoms with Crippen molar-refractivity contribution in [3.8, 4) is 33.3 Å². The molecule has 536 valence electrons. The summed E-state index contributed by atoms with van der Waals surface area (Å²) in [4.78, 5) is 111. The van der Waals surface area contributed by atoms with Crippen LogP contribution in [0.1, 0.15) is 87.2 Å². The molecule has 0 bridgehead atoms. The van der Waals surface area contributed by atoms with Gasteiger partial charge >= 0.3 is 0 Å². The van der Waals surface area contributed by atoms with E-state index in [2.05, 4.69) is 47.8 Å². The van der Waals surface area contributed by atoms with Crippen molar-refractivity contribution < 1.29 is 102 Å². The van der Waals surface area contributed by atoms with Crippen LogP contribution in [0.4, 0.5) is 5.69 Å². The Bertz CT molecular complexity index is 3560. The molecule has 0 saturated carbocycles. The van der Waals surface area contributed by atoms with E-state index in [0.29, 0.717) is 22.3 Å². The van der Waals surface area contributed by atoms with Crippen LogP contribution < -0.4 is 41.4 Å². The Kier molecular flexibility index (Phi) is 25.1. The molecule has 0 radical (unpaired) electrons. The molecule has 98 heavy (non-hydrogen) atoms. The highest BCUT2D eigenvalue weighted by atomic mass is 32.3. The third-order valence-corrected chi connectivity index (χ3v) is 19.1. The average Bonchev–Trinajstić information content (AvgIpc) is 1.60. The number of benzene rings is 3. The lowest BCUT2D eigenvalue weighted by Crippen LogP contribution is -2.64. The highest BCUT2D eigenvalue weighted by molar-refractivity contribution is 8.15. The number of nitrogens with one attached hydrogen (secondary N) is 5. The highest BCUT2D eigenvalue weighted by Crippen LogP contribution is 2.42. The smallest absolute Gasteiger partial charge is 0.266 e. The Morgan fingerprint density at radius 1 is 0.786 bits per heavy atom. The fourth-order valence-electron chi connectivity index (χ4n) is 12.4. The highest BCUT2D eigenvalue weighted by Gasteiger charge is 2.50. The first-order valence-electron chi connectivity index (χ1n) is 32.2. The van der Waals surface area contributed by atoms with E-state index in [1.165, 1.54) is 30.4 Å². The van der Waals surface area contributed by atoms with Gasteiger partial charge in [-0.3, -0.25) is 47.2 Å². The second-order valence-electron chi connectivity index (χ2n) is 25.0. The van der Waals surface area contributed by atoms with E-state index in [0.717, 1.165) is 104 Å². The number of methoxy groups -OCH3 is 1.